The van der Waals surface area contributed by atoms with Gasteiger partial charge in [0.15, 0.2) is 5.58 Å². The van der Waals surface area contributed by atoms with Gasteiger partial charge in [-0.05, 0) is 122 Å². The maximum absolute atomic E-state index is 6.91. The van der Waals surface area contributed by atoms with Gasteiger partial charge in [-0.3, -0.25) is 0 Å². The van der Waals surface area contributed by atoms with Gasteiger partial charge in [-0.2, -0.15) is 0 Å². The summed E-state index contributed by atoms with van der Waals surface area (Å²) in [5, 5.41) is 12.6. The van der Waals surface area contributed by atoms with Crippen molar-refractivity contribution in [3.05, 3.63) is 242 Å². The van der Waals surface area contributed by atoms with Gasteiger partial charge in [-0.15, -0.1) is 0 Å². The summed E-state index contributed by atoms with van der Waals surface area (Å²) in [5.74, 6) is 0. The second kappa shape index (κ2) is 16.2. The molecule has 1 aromatic heterocycles. The van der Waals surface area contributed by atoms with Crippen LogP contribution in [0.25, 0.3) is 87.6 Å². The minimum Gasteiger partial charge on any atom is -0.454 e. The normalized spacial score (nSPS) is 12.8. The van der Waals surface area contributed by atoms with Crippen LogP contribution in [-0.2, 0) is 0 Å². The van der Waals surface area contributed by atoms with Crippen LogP contribution >= 0.6 is 0 Å². The van der Waals surface area contributed by atoms with E-state index in [0.717, 1.165) is 55.8 Å². The molecule has 342 valence electrons. The van der Waals surface area contributed by atoms with Crippen LogP contribution in [0.15, 0.2) is 235 Å². The van der Waals surface area contributed by atoms with E-state index in [9.17, 15) is 0 Å². The minimum atomic E-state index is -2.20. The summed E-state index contributed by atoms with van der Waals surface area (Å²) in [6, 6.07) is 85.1. The Balaban J connectivity index is 1.09. The Morgan fingerprint density at radius 2 is 0.778 bits per heavy atom. The molecule has 0 bridgehead atoms. The Bertz CT molecular complexity index is 4290. The molecule has 1 aliphatic rings. The van der Waals surface area contributed by atoms with E-state index in [0.29, 0.717) is 0 Å². The first-order valence-electron chi connectivity index (χ1n) is 25.1. The van der Waals surface area contributed by atoms with E-state index in [-0.39, 0.29) is 0 Å². The van der Waals surface area contributed by atoms with Crippen LogP contribution in [-0.4, -0.2) is 8.07 Å². The molecule has 0 saturated heterocycles. The van der Waals surface area contributed by atoms with Gasteiger partial charge in [0.25, 0.3) is 0 Å². The predicted molar refractivity (Wildman–Crippen MR) is 309 cm³/mol. The van der Waals surface area contributed by atoms with E-state index < -0.39 is 8.07 Å². The van der Waals surface area contributed by atoms with Gasteiger partial charge >= 0.3 is 0 Å². The van der Waals surface area contributed by atoms with Crippen molar-refractivity contribution in [1.82, 2.24) is 0 Å². The molecule has 0 amide bonds. The second-order valence-electron chi connectivity index (χ2n) is 20.1. The van der Waals surface area contributed by atoms with Gasteiger partial charge in [0.1, 0.15) is 13.7 Å². The lowest BCUT2D eigenvalue weighted by molar-refractivity contribution is 0.669. The van der Waals surface area contributed by atoms with Crippen LogP contribution in [0, 0.1) is 13.8 Å². The Morgan fingerprint density at radius 3 is 1.40 bits per heavy atom. The number of hydrogen-bond acceptors (Lipinski definition) is 3. The van der Waals surface area contributed by atoms with Crippen LogP contribution in [0.3, 0.4) is 0 Å². The number of fused-ring (bicyclic) bond motifs is 6. The molecule has 2 heterocycles. The smallest absolute Gasteiger partial charge is 0.159 e. The van der Waals surface area contributed by atoms with Crippen molar-refractivity contribution < 1.29 is 4.42 Å². The Hall–Kier alpha value is -8.70. The highest BCUT2D eigenvalue weighted by atomic mass is 28.3. The Morgan fingerprint density at radius 1 is 0.333 bits per heavy atom. The van der Waals surface area contributed by atoms with Gasteiger partial charge in [-0.1, -0.05) is 201 Å². The molecule has 12 aromatic carbocycles. The number of rotatable bonds is 8. The number of aryl methyl sites for hydroxylation is 2. The number of furan rings is 1. The summed E-state index contributed by atoms with van der Waals surface area (Å²) in [6.07, 6.45) is 0. The van der Waals surface area contributed by atoms with Gasteiger partial charge in [0.2, 0.25) is 0 Å². The van der Waals surface area contributed by atoms with Gasteiger partial charge < -0.3 is 14.2 Å². The van der Waals surface area contributed by atoms with Crippen molar-refractivity contribution in [2.45, 2.75) is 26.9 Å². The SMILES string of the molecule is Cc1cc(N(c2ccccc2-c2ccccc2)c2cccc3c2[Si](C)(C)c2ccccc2-3)c2ccc3c(C)cc(N(c4ccccc4-c4ccccc4)c4cccc5c4oc4ccccc45)c4ccc1c2c34. The van der Waals surface area contributed by atoms with E-state index >= 15 is 0 Å². The first-order valence-corrected chi connectivity index (χ1v) is 28.1. The summed E-state index contributed by atoms with van der Waals surface area (Å²) in [5.41, 5.74) is 18.4. The van der Waals surface area contributed by atoms with Crippen molar-refractivity contribution in [3.63, 3.8) is 0 Å². The topological polar surface area (TPSA) is 19.6 Å². The minimum absolute atomic E-state index is 0.861. The zero-order valence-electron chi connectivity index (χ0n) is 40.7. The molecule has 0 N–H and O–H groups in total. The largest absolute Gasteiger partial charge is 0.454 e. The summed E-state index contributed by atoms with van der Waals surface area (Å²) in [4.78, 5) is 5.10. The van der Waals surface area contributed by atoms with E-state index in [1.807, 2.05) is 0 Å². The molecular weight excluding hydrogens is 889 g/mol. The average Bonchev–Trinajstić information content (AvgIpc) is 3.92. The van der Waals surface area contributed by atoms with E-state index in [1.165, 1.54) is 87.4 Å². The fourth-order valence-electron chi connectivity index (χ4n) is 12.4. The molecule has 72 heavy (non-hydrogen) atoms. The van der Waals surface area contributed by atoms with Crippen LogP contribution < -0.4 is 20.2 Å². The number of para-hydroxylation sites is 4. The third-order valence-corrected chi connectivity index (χ3v) is 19.2. The number of nitrogens with zero attached hydrogens (tertiary/aromatic N) is 2. The van der Waals surface area contributed by atoms with E-state index in [2.05, 4.69) is 267 Å². The van der Waals surface area contributed by atoms with E-state index in [4.69, 9.17) is 4.42 Å². The second-order valence-corrected chi connectivity index (χ2v) is 24.3. The monoisotopic (exact) mass is 938 g/mol. The number of benzene rings is 12. The van der Waals surface area contributed by atoms with Crippen LogP contribution in [0.4, 0.5) is 34.1 Å². The summed E-state index contributed by atoms with van der Waals surface area (Å²) in [6.45, 7) is 9.66. The zero-order valence-corrected chi connectivity index (χ0v) is 41.7. The Kier molecular flexibility index (Phi) is 9.48. The summed E-state index contributed by atoms with van der Waals surface area (Å²) < 4.78 is 6.91. The molecule has 0 atom stereocenters. The molecule has 4 heteroatoms. The third-order valence-electron chi connectivity index (χ3n) is 15.6. The average molecular weight is 939 g/mol. The quantitative estimate of drug-likeness (QED) is 0.112. The van der Waals surface area contributed by atoms with Gasteiger partial charge in [0.05, 0.1) is 28.4 Å². The predicted octanol–water partition coefficient (Wildman–Crippen LogP) is 18.2. The van der Waals surface area contributed by atoms with Gasteiger partial charge in [0, 0.05) is 38.4 Å². The lowest BCUT2D eigenvalue weighted by Gasteiger charge is -2.34. The van der Waals surface area contributed by atoms with Crippen molar-refractivity contribution in [2.75, 3.05) is 9.80 Å². The van der Waals surface area contributed by atoms with Crippen LogP contribution in [0.2, 0.25) is 13.1 Å². The van der Waals surface area contributed by atoms with Crippen LogP contribution in [0.5, 0.6) is 0 Å². The molecule has 0 spiro atoms. The van der Waals surface area contributed by atoms with Crippen molar-refractivity contribution in [1.29, 1.82) is 0 Å². The van der Waals surface area contributed by atoms with Gasteiger partial charge in [-0.25, -0.2) is 0 Å². The summed E-state index contributed by atoms with van der Waals surface area (Å²) in [7, 11) is -2.20. The fraction of sp³-hybridized carbons (Fsp3) is 0.0588. The standard InChI is InChI=1S/C68H50N2OSi/c1-43-41-61(69(57-31-15-11-25-49(57)45-21-7-5-8-22-45)59-33-19-29-53-51-27-13-17-35-63(51)71-67(53)59)55-39-37-48-44(2)42-62(56-40-38-47(43)65(55)66(48)56)70(58-32-16-12-26-50(58)46-23-9-6-10-24-46)60-34-20-30-54-52-28-14-18-36-64(52)72(3,4)68(54)60/h5-42H,1-4H3. The molecule has 14 rings (SSSR count). The molecule has 0 aliphatic carbocycles. The molecule has 0 saturated carbocycles. The van der Waals surface area contributed by atoms with Crippen molar-refractivity contribution >= 4 is 107 Å². The highest BCUT2D eigenvalue weighted by Gasteiger charge is 2.41. The maximum atomic E-state index is 6.91. The Labute approximate surface area is 420 Å². The van der Waals surface area contributed by atoms with Crippen molar-refractivity contribution in [2.24, 2.45) is 0 Å². The molecule has 3 nitrogen and oxygen atoms in total. The lowest BCUT2D eigenvalue weighted by Crippen LogP contribution is -2.50. The molecule has 13 aromatic rings. The van der Waals surface area contributed by atoms with Crippen LogP contribution in [0.1, 0.15) is 11.1 Å². The molecule has 0 radical (unpaired) electrons. The number of hydrogen-bond donors (Lipinski definition) is 0. The lowest BCUT2D eigenvalue weighted by atomic mass is 9.88. The highest BCUT2D eigenvalue weighted by molar-refractivity contribution is 7.04. The van der Waals surface area contributed by atoms with Crippen molar-refractivity contribution in [3.8, 4) is 33.4 Å². The number of anilines is 6. The molecule has 0 unspecified atom stereocenters. The highest BCUT2D eigenvalue weighted by Crippen LogP contribution is 2.53. The maximum Gasteiger partial charge on any atom is 0.159 e. The molecule has 0 fully saturated rings. The molecular formula is C68H50N2OSi. The fourth-order valence-corrected chi connectivity index (χ4v) is 15.8. The third kappa shape index (κ3) is 6.22. The first kappa shape index (κ1) is 42.2. The van der Waals surface area contributed by atoms with E-state index in [1.54, 1.807) is 0 Å². The molecule has 1 aliphatic heterocycles. The summed E-state index contributed by atoms with van der Waals surface area (Å²) >= 11 is 0. The zero-order chi connectivity index (χ0) is 48.2. The first-order chi connectivity index (χ1) is 35.3.